The van der Waals surface area contributed by atoms with Crippen LogP contribution in [0.3, 0.4) is 0 Å². The zero-order valence-corrected chi connectivity index (χ0v) is 14.3. The molecule has 0 saturated carbocycles. The number of urea groups is 1. The maximum Gasteiger partial charge on any atom is 0.315 e. The van der Waals surface area contributed by atoms with E-state index in [1.54, 1.807) is 6.92 Å². The number of aliphatic hydroxyl groups excluding tert-OH is 1. The molecule has 2 atom stereocenters. The quantitative estimate of drug-likeness (QED) is 0.672. The smallest absolute Gasteiger partial charge is 0.315 e. The molecule has 0 aromatic rings. The molecule has 0 rings (SSSR count). The highest BCUT2D eigenvalue weighted by atomic mass is 16.3. The van der Waals surface area contributed by atoms with Gasteiger partial charge in [-0.25, -0.2) is 4.79 Å². The molecule has 20 heavy (non-hydrogen) atoms. The second-order valence-electron chi connectivity index (χ2n) is 8.04. The monoisotopic (exact) mass is 286 g/mol. The van der Waals surface area contributed by atoms with E-state index in [0.29, 0.717) is 18.4 Å². The van der Waals surface area contributed by atoms with Crippen LogP contribution in [0.5, 0.6) is 0 Å². The summed E-state index contributed by atoms with van der Waals surface area (Å²) in [7, 11) is 0. The predicted molar refractivity (Wildman–Crippen MR) is 84.8 cm³/mol. The van der Waals surface area contributed by atoms with Crippen molar-refractivity contribution >= 4 is 6.03 Å². The lowest BCUT2D eigenvalue weighted by Crippen LogP contribution is -2.44. The Bertz CT molecular complexity index is 293. The van der Waals surface area contributed by atoms with Gasteiger partial charge in [0, 0.05) is 12.6 Å². The first-order chi connectivity index (χ1) is 8.91. The summed E-state index contributed by atoms with van der Waals surface area (Å²) in [5, 5.41) is 15.3. The summed E-state index contributed by atoms with van der Waals surface area (Å²) in [6.45, 7) is 15.1. The minimum Gasteiger partial charge on any atom is -0.393 e. The second kappa shape index (κ2) is 7.87. The summed E-state index contributed by atoms with van der Waals surface area (Å²) in [5.74, 6) is 0. The molecule has 4 nitrogen and oxygen atoms in total. The predicted octanol–water partition coefficient (Wildman–Crippen LogP) is 3.30. The van der Waals surface area contributed by atoms with Gasteiger partial charge in [-0.3, -0.25) is 0 Å². The van der Waals surface area contributed by atoms with E-state index in [1.807, 2.05) is 20.8 Å². The minimum atomic E-state index is -0.347. The van der Waals surface area contributed by atoms with Crippen LogP contribution in [-0.4, -0.2) is 29.8 Å². The average molecular weight is 286 g/mol. The fourth-order valence-corrected chi connectivity index (χ4v) is 2.19. The lowest BCUT2D eigenvalue weighted by atomic mass is 9.87. The molecule has 0 aliphatic heterocycles. The third-order valence-corrected chi connectivity index (χ3v) is 3.28. The van der Waals surface area contributed by atoms with Gasteiger partial charge in [0.1, 0.15) is 0 Å². The van der Waals surface area contributed by atoms with Crippen LogP contribution in [0.25, 0.3) is 0 Å². The van der Waals surface area contributed by atoms with Crippen LogP contribution in [0.2, 0.25) is 0 Å². The van der Waals surface area contributed by atoms with Crippen molar-refractivity contribution in [2.24, 2.45) is 10.8 Å². The molecule has 0 saturated heterocycles. The van der Waals surface area contributed by atoms with Crippen LogP contribution in [0.4, 0.5) is 4.79 Å². The molecule has 0 aliphatic carbocycles. The zero-order chi connectivity index (χ0) is 16.0. The fraction of sp³-hybridized carbons (Fsp3) is 0.938. The number of carbonyl (C=O) groups excluding carboxylic acids is 1. The topological polar surface area (TPSA) is 61.4 Å². The van der Waals surface area contributed by atoms with Crippen molar-refractivity contribution in [3.63, 3.8) is 0 Å². The molecular formula is C16H34N2O2. The van der Waals surface area contributed by atoms with E-state index in [-0.39, 0.29) is 23.6 Å². The van der Waals surface area contributed by atoms with Crippen LogP contribution in [0.1, 0.15) is 67.7 Å². The Morgan fingerprint density at radius 3 is 2.15 bits per heavy atom. The molecule has 0 bridgehead atoms. The van der Waals surface area contributed by atoms with Gasteiger partial charge in [0.05, 0.1) is 6.10 Å². The Kier molecular flexibility index (Phi) is 7.56. The number of aliphatic hydroxyl groups is 1. The van der Waals surface area contributed by atoms with Gasteiger partial charge in [0.15, 0.2) is 0 Å². The number of carbonyl (C=O) groups is 1. The first kappa shape index (κ1) is 19.2. The third-order valence-electron chi connectivity index (χ3n) is 3.28. The molecule has 2 unspecified atom stereocenters. The first-order valence-electron chi connectivity index (χ1n) is 7.64. The van der Waals surface area contributed by atoms with Crippen LogP contribution >= 0.6 is 0 Å². The van der Waals surface area contributed by atoms with Gasteiger partial charge in [0.25, 0.3) is 0 Å². The summed E-state index contributed by atoms with van der Waals surface area (Å²) in [5.41, 5.74) is 0.200. The summed E-state index contributed by atoms with van der Waals surface area (Å²) >= 11 is 0. The molecule has 0 aromatic carbocycles. The largest absolute Gasteiger partial charge is 0.393 e. The zero-order valence-electron chi connectivity index (χ0n) is 14.3. The van der Waals surface area contributed by atoms with E-state index in [1.165, 1.54) is 0 Å². The van der Waals surface area contributed by atoms with E-state index in [4.69, 9.17) is 0 Å². The van der Waals surface area contributed by atoms with Gasteiger partial charge in [-0.15, -0.1) is 0 Å². The molecule has 0 aromatic heterocycles. The standard InChI is InChI=1S/C16H34N2O2/c1-12(8-9-15(3,4)5)18-14(20)17-11-16(6,7)10-13(2)19/h12-13,19H,8-11H2,1-7H3,(H2,17,18,20). The molecule has 0 aliphatic rings. The van der Waals surface area contributed by atoms with Crippen molar-refractivity contribution in [2.45, 2.75) is 79.9 Å². The van der Waals surface area contributed by atoms with Crippen LogP contribution in [-0.2, 0) is 0 Å². The van der Waals surface area contributed by atoms with E-state index >= 15 is 0 Å². The summed E-state index contributed by atoms with van der Waals surface area (Å²) in [4.78, 5) is 11.8. The highest BCUT2D eigenvalue weighted by Crippen LogP contribution is 2.22. The molecule has 4 heteroatoms. The van der Waals surface area contributed by atoms with Gasteiger partial charge in [-0.05, 0) is 43.9 Å². The van der Waals surface area contributed by atoms with E-state index in [9.17, 15) is 9.90 Å². The highest BCUT2D eigenvalue weighted by Gasteiger charge is 2.21. The van der Waals surface area contributed by atoms with Gasteiger partial charge in [0.2, 0.25) is 0 Å². The molecular weight excluding hydrogens is 252 g/mol. The molecule has 120 valence electrons. The van der Waals surface area contributed by atoms with Crippen molar-refractivity contribution < 1.29 is 9.90 Å². The number of hydrogen-bond acceptors (Lipinski definition) is 2. The summed E-state index contributed by atoms with van der Waals surface area (Å²) in [6.07, 6.45) is 2.39. The lowest BCUT2D eigenvalue weighted by Gasteiger charge is -2.27. The van der Waals surface area contributed by atoms with Crippen LogP contribution in [0, 0.1) is 10.8 Å². The SMILES string of the molecule is CC(O)CC(C)(C)CNC(=O)NC(C)CCC(C)(C)C. The van der Waals surface area contributed by atoms with Gasteiger partial charge >= 0.3 is 6.03 Å². The van der Waals surface area contributed by atoms with E-state index < -0.39 is 0 Å². The van der Waals surface area contributed by atoms with E-state index in [0.717, 1.165) is 12.8 Å². The maximum absolute atomic E-state index is 11.8. The molecule has 3 N–H and O–H groups in total. The molecule has 0 fully saturated rings. The van der Waals surface area contributed by atoms with Crippen molar-refractivity contribution in [2.75, 3.05) is 6.54 Å². The number of amides is 2. The van der Waals surface area contributed by atoms with Crippen molar-refractivity contribution in [3.05, 3.63) is 0 Å². The van der Waals surface area contributed by atoms with Crippen LogP contribution in [0.15, 0.2) is 0 Å². The Hall–Kier alpha value is -0.770. The lowest BCUT2D eigenvalue weighted by molar-refractivity contribution is 0.128. The Morgan fingerprint density at radius 2 is 1.70 bits per heavy atom. The molecule has 0 spiro atoms. The first-order valence-corrected chi connectivity index (χ1v) is 7.64. The normalized spacial score (nSPS) is 15.6. The van der Waals surface area contributed by atoms with Gasteiger partial charge in [-0.2, -0.15) is 0 Å². The molecule has 0 heterocycles. The van der Waals surface area contributed by atoms with Crippen molar-refractivity contribution in [3.8, 4) is 0 Å². The number of hydrogen-bond donors (Lipinski definition) is 3. The second-order valence-corrected chi connectivity index (χ2v) is 8.04. The van der Waals surface area contributed by atoms with Crippen molar-refractivity contribution in [1.29, 1.82) is 0 Å². The average Bonchev–Trinajstić information content (AvgIpc) is 2.21. The number of nitrogens with one attached hydrogen (secondary N) is 2. The highest BCUT2D eigenvalue weighted by molar-refractivity contribution is 5.74. The third kappa shape index (κ3) is 11.1. The van der Waals surface area contributed by atoms with Crippen molar-refractivity contribution in [1.82, 2.24) is 10.6 Å². The van der Waals surface area contributed by atoms with Gasteiger partial charge < -0.3 is 15.7 Å². The fourth-order valence-electron chi connectivity index (χ4n) is 2.19. The van der Waals surface area contributed by atoms with Crippen LogP contribution < -0.4 is 10.6 Å². The Balaban J connectivity index is 3.99. The van der Waals surface area contributed by atoms with E-state index in [2.05, 4.69) is 31.4 Å². The molecule has 0 radical (unpaired) electrons. The Labute approximate surface area is 124 Å². The molecule has 2 amide bonds. The van der Waals surface area contributed by atoms with Gasteiger partial charge in [-0.1, -0.05) is 34.6 Å². The minimum absolute atomic E-state index is 0.0971. The Morgan fingerprint density at radius 1 is 1.15 bits per heavy atom. The summed E-state index contributed by atoms with van der Waals surface area (Å²) in [6, 6.07) is 0.0548. The number of rotatable bonds is 7. The summed E-state index contributed by atoms with van der Waals surface area (Å²) < 4.78 is 0. The maximum atomic E-state index is 11.8.